The summed E-state index contributed by atoms with van der Waals surface area (Å²) in [5.74, 6) is 0.447. The summed E-state index contributed by atoms with van der Waals surface area (Å²) in [6.45, 7) is 4.35. The summed E-state index contributed by atoms with van der Waals surface area (Å²) in [7, 11) is 0. The van der Waals surface area contributed by atoms with Crippen molar-refractivity contribution >= 4 is 33.2 Å². The van der Waals surface area contributed by atoms with Crippen LogP contribution in [0, 0.1) is 5.82 Å². The van der Waals surface area contributed by atoms with Crippen LogP contribution in [0.25, 0.3) is 0 Å². The van der Waals surface area contributed by atoms with Crippen LogP contribution in [0.3, 0.4) is 0 Å². The lowest BCUT2D eigenvalue weighted by atomic mass is 10.1. The molecule has 2 aromatic carbocycles. The maximum absolute atomic E-state index is 13.9. The molecule has 2 nitrogen and oxygen atoms in total. The molecule has 0 spiro atoms. The Morgan fingerprint density at radius 2 is 2.05 bits per heavy atom. The van der Waals surface area contributed by atoms with Gasteiger partial charge in [0, 0.05) is 15.1 Å². The summed E-state index contributed by atoms with van der Waals surface area (Å²) in [5.41, 5.74) is 1.32. The molecule has 0 bridgehead atoms. The van der Waals surface area contributed by atoms with Crippen molar-refractivity contribution in [1.82, 2.24) is 0 Å². The minimum Gasteiger partial charge on any atom is -0.492 e. The molecule has 5 heteroatoms. The highest BCUT2D eigenvalue weighted by Gasteiger charge is 2.14. The molecule has 0 heterocycles. The molecule has 112 valence electrons. The van der Waals surface area contributed by atoms with E-state index in [-0.39, 0.29) is 11.9 Å². The van der Waals surface area contributed by atoms with Gasteiger partial charge in [0.25, 0.3) is 0 Å². The number of rotatable bonds is 5. The number of benzene rings is 2. The monoisotopic (exact) mass is 371 g/mol. The largest absolute Gasteiger partial charge is 0.492 e. The average molecular weight is 373 g/mol. The van der Waals surface area contributed by atoms with Crippen LogP contribution in [-0.4, -0.2) is 6.61 Å². The Hall–Kier alpha value is -1.26. The predicted octanol–water partition coefficient (Wildman–Crippen LogP) is 5.81. The van der Waals surface area contributed by atoms with Gasteiger partial charge in [-0.3, -0.25) is 0 Å². The van der Waals surface area contributed by atoms with E-state index < -0.39 is 0 Å². The molecule has 21 heavy (non-hydrogen) atoms. The van der Waals surface area contributed by atoms with E-state index in [2.05, 4.69) is 21.2 Å². The Balaban J connectivity index is 2.28. The normalized spacial score (nSPS) is 12.0. The van der Waals surface area contributed by atoms with Crippen molar-refractivity contribution in [2.24, 2.45) is 0 Å². The van der Waals surface area contributed by atoms with Crippen molar-refractivity contribution in [3.05, 3.63) is 57.3 Å². The van der Waals surface area contributed by atoms with Gasteiger partial charge < -0.3 is 10.1 Å². The standard InChI is InChI=1S/C16H16BrClFNO/c1-3-21-16-7-5-12(18)9-15(16)20-10(2)13-8-11(17)4-6-14(13)19/h4-10,20H,3H2,1-2H3. The molecule has 1 unspecified atom stereocenters. The van der Waals surface area contributed by atoms with Gasteiger partial charge >= 0.3 is 0 Å². The Labute approximate surface area is 137 Å². The number of anilines is 1. The highest BCUT2D eigenvalue weighted by atomic mass is 79.9. The predicted molar refractivity (Wildman–Crippen MR) is 88.8 cm³/mol. The fraction of sp³-hybridized carbons (Fsp3) is 0.250. The van der Waals surface area contributed by atoms with E-state index in [0.29, 0.717) is 22.9 Å². The molecule has 0 amide bonds. The minimum atomic E-state index is -0.252. The first kappa shape index (κ1) is 16.1. The first-order valence-corrected chi connectivity index (χ1v) is 7.82. The number of nitrogens with one attached hydrogen (secondary N) is 1. The summed E-state index contributed by atoms with van der Waals surface area (Å²) in [4.78, 5) is 0. The van der Waals surface area contributed by atoms with Gasteiger partial charge in [-0.1, -0.05) is 27.5 Å². The summed E-state index contributed by atoms with van der Waals surface area (Å²) in [6, 6.07) is 10.0. The molecule has 0 aliphatic heterocycles. The lowest BCUT2D eigenvalue weighted by molar-refractivity contribution is 0.341. The van der Waals surface area contributed by atoms with Crippen molar-refractivity contribution < 1.29 is 9.13 Å². The van der Waals surface area contributed by atoms with Crippen molar-refractivity contribution in [2.45, 2.75) is 19.9 Å². The smallest absolute Gasteiger partial charge is 0.142 e. The molecule has 0 fully saturated rings. The number of hydrogen-bond donors (Lipinski definition) is 1. The van der Waals surface area contributed by atoms with E-state index in [1.54, 1.807) is 30.3 Å². The second-order valence-corrected chi connectivity index (χ2v) is 5.96. The van der Waals surface area contributed by atoms with Gasteiger partial charge in [-0.25, -0.2) is 4.39 Å². The lowest BCUT2D eigenvalue weighted by Gasteiger charge is -2.19. The SMILES string of the molecule is CCOc1ccc(Cl)cc1NC(C)c1cc(Br)ccc1F. The second kappa shape index (κ2) is 7.14. The third-order valence-corrected chi connectivity index (χ3v) is 3.77. The Kier molecular flexibility index (Phi) is 5.48. The van der Waals surface area contributed by atoms with Crippen LogP contribution in [0.15, 0.2) is 40.9 Å². The molecule has 0 saturated carbocycles. The summed E-state index contributed by atoms with van der Waals surface area (Å²) in [5, 5.41) is 3.85. The van der Waals surface area contributed by atoms with E-state index in [0.717, 1.165) is 10.2 Å². The molecule has 1 N–H and O–H groups in total. The van der Waals surface area contributed by atoms with E-state index in [9.17, 15) is 4.39 Å². The van der Waals surface area contributed by atoms with Crippen LogP contribution in [0.2, 0.25) is 5.02 Å². The van der Waals surface area contributed by atoms with Crippen molar-refractivity contribution in [1.29, 1.82) is 0 Å². The Morgan fingerprint density at radius 3 is 2.76 bits per heavy atom. The first-order chi connectivity index (χ1) is 10.0. The van der Waals surface area contributed by atoms with Crippen LogP contribution >= 0.6 is 27.5 Å². The second-order valence-electron chi connectivity index (χ2n) is 4.61. The molecule has 0 aliphatic rings. The number of halogens is 3. The van der Waals surface area contributed by atoms with Crippen LogP contribution in [0.1, 0.15) is 25.5 Å². The van der Waals surface area contributed by atoms with E-state index >= 15 is 0 Å². The number of hydrogen-bond acceptors (Lipinski definition) is 2. The highest BCUT2D eigenvalue weighted by molar-refractivity contribution is 9.10. The van der Waals surface area contributed by atoms with Gasteiger partial charge in [0.2, 0.25) is 0 Å². The maximum Gasteiger partial charge on any atom is 0.142 e. The van der Waals surface area contributed by atoms with E-state index in [4.69, 9.17) is 16.3 Å². The highest BCUT2D eigenvalue weighted by Crippen LogP contribution is 2.32. The van der Waals surface area contributed by atoms with Crippen LogP contribution in [0.4, 0.5) is 10.1 Å². The fourth-order valence-electron chi connectivity index (χ4n) is 2.05. The zero-order valence-electron chi connectivity index (χ0n) is 11.8. The van der Waals surface area contributed by atoms with Gasteiger partial charge in [-0.05, 0) is 50.2 Å². The fourth-order valence-corrected chi connectivity index (χ4v) is 2.60. The molecule has 2 rings (SSSR count). The van der Waals surface area contributed by atoms with Gasteiger partial charge in [-0.15, -0.1) is 0 Å². The molecule has 2 aromatic rings. The molecule has 0 aliphatic carbocycles. The van der Waals surface area contributed by atoms with Gasteiger partial charge in [0.15, 0.2) is 0 Å². The molecular weight excluding hydrogens is 357 g/mol. The lowest BCUT2D eigenvalue weighted by Crippen LogP contribution is -2.10. The van der Waals surface area contributed by atoms with Gasteiger partial charge in [-0.2, -0.15) is 0 Å². The molecule has 0 saturated heterocycles. The zero-order valence-corrected chi connectivity index (χ0v) is 14.1. The topological polar surface area (TPSA) is 21.3 Å². The van der Waals surface area contributed by atoms with Crippen LogP contribution in [0.5, 0.6) is 5.75 Å². The van der Waals surface area contributed by atoms with Gasteiger partial charge in [0.05, 0.1) is 18.3 Å². The van der Waals surface area contributed by atoms with E-state index in [1.807, 2.05) is 13.8 Å². The minimum absolute atomic E-state index is 0.222. The molecular formula is C16H16BrClFNO. The molecule has 0 aromatic heterocycles. The maximum atomic E-state index is 13.9. The third-order valence-electron chi connectivity index (χ3n) is 3.04. The third kappa shape index (κ3) is 4.11. The summed E-state index contributed by atoms with van der Waals surface area (Å²) < 4.78 is 20.3. The van der Waals surface area contributed by atoms with Crippen molar-refractivity contribution in [3.63, 3.8) is 0 Å². The number of ether oxygens (including phenoxy) is 1. The van der Waals surface area contributed by atoms with Crippen LogP contribution < -0.4 is 10.1 Å². The Morgan fingerprint density at radius 1 is 1.29 bits per heavy atom. The van der Waals surface area contributed by atoms with Crippen LogP contribution in [-0.2, 0) is 0 Å². The van der Waals surface area contributed by atoms with Crippen molar-refractivity contribution in [2.75, 3.05) is 11.9 Å². The quantitative estimate of drug-likeness (QED) is 0.714. The summed E-state index contributed by atoms with van der Waals surface area (Å²) in [6.07, 6.45) is 0. The first-order valence-electron chi connectivity index (χ1n) is 6.65. The van der Waals surface area contributed by atoms with Gasteiger partial charge in [0.1, 0.15) is 11.6 Å². The van der Waals surface area contributed by atoms with Crippen molar-refractivity contribution in [3.8, 4) is 5.75 Å². The Bertz CT molecular complexity index is 636. The molecule has 1 atom stereocenters. The average Bonchev–Trinajstić information content (AvgIpc) is 2.44. The zero-order chi connectivity index (χ0) is 15.4. The summed E-state index contributed by atoms with van der Waals surface area (Å²) >= 11 is 9.39. The van der Waals surface area contributed by atoms with E-state index in [1.165, 1.54) is 6.07 Å². The molecule has 0 radical (unpaired) electrons.